The van der Waals surface area contributed by atoms with Crippen molar-refractivity contribution in [3.63, 3.8) is 0 Å². The Morgan fingerprint density at radius 3 is 2.21 bits per heavy atom. The van der Waals surface area contributed by atoms with Crippen molar-refractivity contribution >= 4 is 23.0 Å². The predicted molar refractivity (Wildman–Crippen MR) is 113 cm³/mol. The molecule has 0 N–H and O–H groups in total. The topological polar surface area (TPSA) is 40.6 Å². The molecule has 0 bridgehead atoms. The molecule has 1 amide bonds. The maximum absolute atomic E-state index is 13.2. The second-order valence-corrected chi connectivity index (χ2v) is 7.26. The molecular formula is C24H26N2O2. The highest BCUT2D eigenvalue weighted by molar-refractivity contribution is 6.00. The number of amides is 1. The Balaban J connectivity index is 1.85. The Hall–Kier alpha value is -2.98. The Labute approximate surface area is 166 Å². The lowest BCUT2D eigenvalue weighted by atomic mass is 9.98. The molecule has 4 nitrogen and oxygen atoms in total. The molecule has 3 aromatic rings. The number of aldehydes is 1. The molecule has 0 unspecified atom stereocenters. The highest BCUT2D eigenvalue weighted by atomic mass is 16.2. The molecule has 144 valence electrons. The number of hydrogen-bond donors (Lipinski definition) is 0. The molecule has 0 spiro atoms. The van der Waals surface area contributed by atoms with E-state index in [1.54, 1.807) is 6.07 Å². The van der Waals surface area contributed by atoms with Gasteiger partial charge in [0.2, 0.25) is 5.91 Å². The van der Waals surface area contributed by atoms with E-state index in [9.17, 15) is 9.59 Å². The zero-order chi connectivity index (χ0) is 19.9. The molecule has 0 aromatic heterocycles. The first-order chi connectivity index (χ1) is 13.6. The lowest BCUT2D eigenvalue weighted by Crippen LogP contribution is -2.37. The third-order valence-electron chi connectivity index (χ3n) is 4.90. The van der Waals surface area contributed by atoms with Crippen LogP contribution in [0.5, 0.6) is 0 Å². The average molecular weight is 374 g/mol. The van der Waals surface area contributed by atoms with Crippen LogP contribution in [0.25, 0.3) is 10.8 Å². The highest BCUT2D eigenvalue weighted by Gasteiger charge is 2.17. The lowest BCUT2D eigenvalue weighted by Gasteiger charge is -2.25. The summed E-state index contributed by atoms with van der Waals surface area (Å²) in [6, 6.07) is 21.5. The minimum atomic E-state index is 0.0923. The van der Waals surface area contributed by atoms with Gasteiger partial charge in [0.15, 0.2) is 6.29 Å². The van der Waals surface area contributed by atoms with E-state index in [1.165, 1.54) is 0 Å². The summed E-state index contributed by atoms with van der Waals surface area (Å²) in [5.41, 5.74) is 2.73. The zero-order valence-electron chi connectivity index (χ0n) is 16.5. The monoisotopic (exact) mass is 374 g/mol. The van der Waals surface area contributed by atoms with Crippen molar-refractivity contribution in [3.8, 4) is 0 Å². The Morgan fingerprint density at radius 2 is 1.54 bits per heavy atom. The Kier molecular flexibility index (Phi) is 6.56. The Morgan fingerprint density at radius 1 is 0.857 bits per heavy atom. The van der Waals surface area contributed by atoms with Crippen LogP contribution in [0, 0.1) is 0 Å². The van der Waals surface area contributed by atoms with Gasteiger partial charge in [-0.25, -0.2) is 0 Å². The quantitative estimate of drug-likeness (QED) is 0.563. The number of carbonyl (C=O) groups excluding carboxylic acids is 2. The molecule has 3 rings (SSSR count). The normalized spacial score (nSPS) is 11.0. The van der Waals surface area contributed by atoms with Gasteiger partial charge in [0.25, 0.3) is 0 Å². The summed E-state index contributed by atoms with van der Waals surface area (Å²) in [5, 5.41) is 1.86. The summed E-state index contributed by atoms with van der Waals surface area (Å²) >= 11 is 0. The molecule has 0 saturated carbocycles. The van der Waals surface area contributed by atoms with E-state index in [0.29, 0.717) is 25.1 Å². The number of rotatable bonds is 8. The van der Waals surface area contributed by atoms with E-state index in [2.05, 4.69) is 4.90 Å². The number of fused-ring (bicyclic) bond motifs is 1. The van der Waals surface area contributed by atoms with Crippen LogP contribution >= 0.6 is 0 Å². The van der Waals surface area contributed by atoms with Crippen LogP contribution in [0.2, 0.25) is 0 Å². The summed E-state index contributed by atoms with van der Waals surface area (Å²) < 4.78 is 0. The Bertz CT molecular complexity index is 951. The van der Waals surface area contributed by atoms with Gasteiger partial charge in [0.1, 0.15) is 0 Å². The number of benzene rings is 3. The number of likely N-dealkylation sites (N-methyl/N-ethyl adjacent to an activating group) is 1. The smallest absolute Gasteiger partial charge is 0.227 e. The van der Waals surface area contributed by atoms with Gasteiger partial charge in [-0.3, -0.25) is 9.59 Å². The van der Waals surface area contributed by atoms with Gasteiger partial charge in [0, 0.05) is 25.2 Å². The van der Waals surface area contributed by atoms with E-state index in [4.69, 9.17) is 0 Å². The van der Waals surface area contributed by atoms with Gasteiger partial charge in [-0.05, 0) is 36.0 Å². The van der Waals surface area contributed by atoms with Crippen LogP contribution < -0.4 is 0 Å². The van der Waals surface area contributed by atoms with Gasteiger partial charge in [-0.1, -0.05) is 66.7 Å². The second kappa shape index (κ2) is 9.29. The van der Waals surface area contributed by atoms with Crippen LogP contribution in [0.1, 0.15) is 21.5 Å². The minimum Gasteiger partial charge on any atom is -0.337 e. The van der Waals surface area contributed by atoms with Crippen LogP contribution in [-0.2, 0) is 17.8 Å². The second-order valence-electron chi connectivity index (χ2n) is 7.26. The van der Waals surface area contributed by atoms with Crippen LogP contribution in [-0.4, -0.2) is 49.2 Å². The molecular weight excluding hydrogens is 348 g/mol. The molecule has 0 fully saturated rings. The van der Waals surface area contributed by atoms with Crippen molar-refractivity contribution < 1.29 is 9.59 Å². The first kappa shape index (κ1) is 19.8. The fraction of sp³-hybridized carbons (Fsp3) is 0.250. The van der Waals surface area contributed by atoms with E-state index in [-0.39, 0.29) is 5.91 Å². The zero-order valence-corrected chi connectivity index (χ0v) is 16.5. The van der Waals surface area contributed by atoms with Crippen molar-refractivity contribution in [1.29, 1.82) is 0 Å². The molecule has 4 heteroatoms. The number of hydrogen-bond acceptors (Lipinski definition) is 3. The van der Waals surface area contributed by atoms with Crippen LogP contribution in [0.3, 0.4) is 0 Å². The average Bonchev–Trinajstić information content (AvgIpc) is 2.72. The third kappa shape index (κ3) is 4.84. The van der Waals surface area contributed by atoms with E-state index in [0.717, 1.165) is 34.7 Å². The SMILES string of the molecule is CN(C)CCN(Cc1ccccc1)C(=O)Cc1ccc(C=O)c2ccccc12. The standard InChI is InChI=1S/C24H26N2O2/c1-25(2)14-15-26(17-19-8-4-3-5-9-19)24(28)16-20-12-13-21(18-27)23-11-7-6-10-22(20)23/h3-13,18H,14-17H2,1-2H3. The van der Waals surface area contributed by atoms with Gasteiger partial charge < -0.3 is 9.80 Å². The molecule has 0 aliphatic heterocycles. The highest BCUT2D eigenvalue weighted by Crippen LogP contribution is 2.23. The van der Waals surface area contributed by atoms with Crippen molar-refractivity contribution in [2.75, 3.05) is 27.2 Å². The summed E-state index contributed by atoms with van der Waals surface area (Å²) in [6.07, 6.45) is 1.19. The molecule has 0 heterocycles. The molecule has 0 radical (unpaired) electrons. The summed E-state index contributed by atoms with van der Waals surface area (Å²) in [5.74, 6) is 0.0923. The molecule has 3 aromatic carbocycles. The molecule has 28 heavy (non-hydrogen) atoms. The van der Waals surface area contributed by atoms with Crippen molar-refractivity contribution in [2.24, 2.45) is 0 Å². The summed E-state index contributed by atoms with van der Waals surface area (Å²) in [4.78, 5) is 28.5. The van der Waals surface area contributed by atoms with Crippen LogP contribution in [0.4, 0.5) is 0 Å². The van der Waals surface area contributed by atoms with Gasteiger partial charge in [-0.15, -0.1) is 0 Å². The van der Waals surface area contributed by atoms with Crippen molar-refractivity contribution in [2.45, 2.75) is 13.0 Å². The third-order valence-corrected chi connectivity index (χ3v) is 4.90. The lowest BCUT2D eigenvalue weighted by molar-refractivity contribution is -0.131. The molecule has 0 atom stereocenters. The van der Waals surface area contributed by atoms with Crippen LogP contribution in [0.15, 0.2) is 66.7 Å². The van der Waals surface area contributed by atoms with Gasteiger partial charge in [0.05, 0.1) is 6.42 Å². The molecule has 0 aliphatic rings. The summed E-state index contributed by atoms with van der Waals surface area (Å²) in [6.45, 7) is 2.08. The molecule has 0 aliphatic carbocycles. The van der Waals surface area contributed by atoms with E-state index >= 15 is 0 Å². The predicted octanol–water partition coefficient (Wildman–Crippen LogP) is 3.79. The number of nitrogens with zero attached hydrogens (tertiary/aromatic N) is 2. The first-order valence-electron chi connectivity index (χ1n) is 9.50. The van der Waals surface area contributed by atoms with E-state index < -0.39 is 0 Å². The molecule has 0 saturated heterocycles. The maximum atomic E-state index is 13.2. The summed E-state index contributed by atoms with van der Waals surface area (Å²) in [7, 11) is 4.02. The number of carbonyl (C=O) groups is 2. The van der Waals surface area contributed by atoms with Crippen molar-refractivity contribution in [1.82, 2.24) is 9.80 Å². The minimum absolute atomic E-state index is 0.0923. The first-order valence-corrected chi connectivity index (χ1v) is 9.50. The van der Waals surface area contributed by atoms with Crippen molar-refractivity contribution in [3.05, 3.63) is 83.4 Å². The van der Waals surface area contributed by atoms with E-state index in [1.807, 2.05) is 79.7 Å². The van der Waals surface area contributed by atoms with Gasteiger partial charge >= 0.3 is 0 Å². The largest absolute Gasteiger partial charge is 0.337 e. The maximum Gasteiger partial charge on any atom is 0.227 e. The fourth-order valence-corrected chi connectivity index (χ4v) is 3.33. The van der Waals surface area contributed by atoms with Gasteiger partial charge in [-0.2, -0.15) is 0 Å². The fourth-order valence-electron chi connectivity index (χ4n) is 3.33.